The van der Waals surface area contributed by atoms with Crippen LogP contribution in [0.15, 0.2) is 53.4 Å². The van der Waals surface area contributed by atoms with Crippen molar-refractivity contribution in [2.75, 3.05) is 5.75 Å². The summed E-state index contributed by atoms with van der Waals surface area (Å²) >= 11 is 1.72. The fourth-order valence-electron chi connectivity index (χ4n) is 2.56. The number of nitrogens with one attached hydrogen (secondary N) is 1. The summed E-state index contributed by atoms with van der Waals surface area (Å²) in [6.07, 6.45) is 0.531. The van der Waals surface area contributed by atoms with E-state index in [9.17, 15) is 4.79 Å². The van der Waals surface area contributed by atoms with Gasteiger partial charge in [-0.25, -0.2) is 0 Å². The molecular formula is C22H29NOS. The number of carbonyl (C=O) groups excluding carboxylic acids is 1. The van der Waals surface area contributed by atoms with Crippen molar-refractivity contribution < 1.29 is 4.79 Å². The van der Waals surface area contributed by atoms with Gasteiger partial charge < -0.3 is 5.32 Å². The molecule has 0 fully saturated rings. The van der Waals surface area contributed by atoms with Gasteiger partial charge in [-0.05, 0) is 42.5 Å². The first kappa shape index (κ1) is 19.6. The number of benzene rings is 2. The van der Waals surface area contributed by atoms with Crippen molar-refractivity contribution in [2.24, 2.45) is 0 Å². The third-order valence-corrected chi connectivity index (χ3v) is 5.29. The highest BCUT2D eigenvalue weighted by Crippen LogP contribution is 2.24. The van der Waals surface area contributed by atoms with Crippen molar-refractivity contribution in [1.82, 2.24) is 5.32 Å². The van der Waals surface area contributed by atoms with Crippen LogP contribution in [0.1, 0.15) is 56.8 Å². The Labute approximate surface area is 156 Å². The molecule has 0 aliphatic carbocycles. The zero-order chi connectivity index (χ0) is 18.4. The Balaban J connectivity index is 1.80. The summed E-state index contributed by atoms with van der Waals surface area (Å²) in [6, 6.07) is 17.0. The van der Waals surface area contributed by atoms with Gasteiger partial charge in [-0.1, -0.05) is 62.7 Å². The molecule has 2 aromatic carbocycles. The first-order chi connectivity index (χ1) is 11.8. The largest absolute Gasteiger partial charge is 0.350 e. The lowest BCUT2D eigenvalue weighted by Gasteiger charge is -2.20. The molecule has 0 unspecified atom stereocenters. The van der Waals surface area contributed by atoms with Crippen molar-refractivity contribution in [1.29, 1.82) is 0 Å². The summed E-state index contributed by atoms with van der Waals surface area (Å²) in [5.41, 5.74) is 3.86. The monoisotopic (exact) mass is 355 g/mol. The molecule has 0 saturated heterocycles. The highest BCUT2D eigenvalue weighted by atomic mass is 32.2. The van der Waals surface area contributed by atoms with Gasteiger partial charge in [-0.15, -0.1) is 11.8 Å². The van der Waals surface area contributed by atoms with Crippen molar-refractivity contribution in [3.05, 3.63) is 65.2 Å². The maximum atomic E-state index is 12.2. The van der Waals surface area contributed by atoms with Crippen LogP contribution in [0.3, 0.4) is 0 Å². The van der Waals surface area contributed by atoms with E-state index in [1.807, 2.05) is 6.92 Å². The quantitative estimate of drug-likeness (QED) is 0.678. The fraction of sp³-hybridized carbons (Fsp3) is 0.409. The molecule has 1 amide bonds. The second-order valence-corrected chi connectivity index (χ2v) is 8.74. The molecule has 0 bridgehead atoms. The van der Waals surface area contributed by atoms with Crippen LogP contribution >= 0.6 is 11.8 Å². The van der Waals surface area contributed by atoms with Crippen LogP contribution in [0.2, 0.25) is 0 Å². The van der Waals surface area contributed by atoms with Crippen LogP contribution in [0.5, 0.6) is 0 Å². The lowest BCUT2D eigenvalue weighted by Crippen LogP contribution is -2.26. The first-order valence-electron chi connectivity index (χ1n) is 8.85. The zero-order valence-corrected chi connectivity index (χ0v) is 16.7. The van der Waals surface area contributed by atoms with E-state index in [4.69, 9.17) is 0 Å². The lowest BCUT2D eigenvalue weighted by atomic mass is 9.86. The predicted octanol–water partition coefficient (Wildman–Crippen LogP) is 5.65. The minimum Gasteiger partial charge on any atom is -0.350 e. The summed E-state index contributed by atoms with van der Waals surface area (Å²) in [4.78, 5) is 13.4. The molecule has 3 heteroatoms. The van der Waals surface area contributed by atoms with E-state index in [1.165, 1.54) is 16.0 Å². The normalized spacial score (nSPS) is 12.7. The Hall–Kier alpha value is -1.74. The molecule has 1 N–H and O–H groups in total. The number of carbonyl (C=O) groups is 1. The van der Waals surface area contributed by atoms with E-state index in [0.717, 1.165) is 11.3 Å². The average molecular weight is 356 g/mol. The highest BCUT2D eigenvalue weighted by Gasteiger charge is 2.14. The third-order valence-electron chi connectivity index (χ3n) is 4.27. The Morgan fingerprint density at radius 2 is 1.64 bits per heavy atom. The van der Waals surface area contributed by atoms with Gasteiger partial charge in [0.15, 0.2) is 0 Å². The fourth-order valence-corrected chi connectivity index (χ4v) is 3.42. The summed E-state index contributed by atoms with van der Waals surface area (Å²) in [5, 5.41) is 3.10. The molecule has 0 heterocycles. The van der Waals surface area contributed by atoms with Crippen LogP contribution in [-0.4, -0.2) is 11.7 Å². The number of aryl methyl sites for hydroxylation is 1. The minimum absolute atomic E-state index is 0.0332. The minimum atomic E-state index is 0.0332. The van der Waals surface area contributed by atoms with Crippen LogP contribution in [-0.2, 0) is 10.2 Å². The topological polar surface area (TPSA) is 29.1 Å². The molecule has 2 aromatic rings. The van der Waals surface area contributed by atoms with Gasteiger partial charge in [0.25, 0.3) is 0 Å². The molecular weight excluding hydrogens is 326 g/mol. The van der Waals surface area contributed by atoms with Gasteiger partial charge in [0.1, 0.15) is 0 Å². The van der Waals surface area contributed by atoms with Crippen molar-refractivity contribution in [2.45, 2.75) is 57.4 Å². The Kier molecular flexibility index (Phi) is 6.71. The predicted molar refractivity (Wildman–Crippen MR) is 108 cm³/mol. The van der Waals surface area contributed by atoms with E-state index in [2.05, 4.69) is 81.5 Å². The van der Waals surface area contributed by atoms with Crippen molar-refractivity contribution in [3.8, 4) is 0 Å². The summed E-state index contributed by atoms with van der Waals surface area (Å²) in [6.45, 7) is 10.7. The summed E-state index contributed by atoms with van der Waals surface area (Å²) in [7, 11) is 0. The third kappa shape index (κ3) is 6.24. The van der Waals surface area contributed by atoms with E-state index in [1.54, 1.807) is 11.8 Å². The SMILES string of the molecule is Cc1ccc(SCCC(=O)N[C@@H](C)c2ccc(C(C)(C)C)cc2)cc1. The molecule has 2 nitrogen and oxygen atoms in total. The molecule has 25 heavy (non-hydrogen) atoms. The maximum absolute atomic E-state index is 12.2. The van der Waals surface area contributed by atoms with Crippen molar-refractivity contribution >= 4 is 17.7 Å². The van der Waals surface area contributed by atoms with Gasteiger partial charge in [-0.2, -0.15) is 0 Å². The Morgan fingerprint density at radius 3 is 2.20 bits per heavy atom. The number of hydrogen-bond acceptors (Lipinski definition) is 2. The second kappa shape index (κ2) is 8.57. The van der Waals surface area contributed by atoms with Gasteiger partial charge in [0, 0.05) is 17.1 Å². The molecule has 0 spiro atoms. The molecule has 134 valence electrons. The summed E-state index contributed by atoms with van der Waals surface area (Å²) in [5.74, 6) is 0.900. The molecule has 0 aromatic heterocycles. The second-order valence-electron chi connectivity index (χ2n) is 7.57. The van der Waals surface area contributed by atoms with E-state index in [-0.39, 0.29) is 17.4 Å². The maximum Gasteiger partial charge on any atom is 0.221 e. The number of amides is 1. The lowest BCUT2D eigenvalue weighted by molar-refractivity contribution is -0.121. The van der Waals surface area contributed by atoms with E-state index < -0.39 is 0 Å². The number of rotatable bonds is 6. The zero-order valence-electron chi connectivity index (χ0n) is 15.9. The van der Waals surface area contributed by atoms with Crippen LogP contribution in [0.4, 0.5) is 0 Å². The van der Waals surface area contributed by atoms with Gasteiger partial charge in [0.2, 0.25) is 5.91 Å². The first-order valence-corrected chi connectivity index (χ1v) is 9.83. The molecule has 1 atom stereocenters. The molecule has 0 saturated carbocycles. The molecule has 0 radical (unpaired) electrons. The molecule has 0 aliphatic rings. The average Bonchev–Trinajstić information content (AvgIpc) is 2.56. The van der Waals surface area contributed by atoms with Gasteiger partial charge in [0.05, 0.1) is 6.04 Å². The number of hydrogen-bond donors (Lipinski definition) is 1. The number of thioether (sulfide) groups is 1. The molecule has 0 aliphatic heterocycles. The van der Waals surface area contributed by atoms with Crippen LogP contribution in [0, 0.1) is 6.92 Å². The van der Waals surface area contributed by atoms with Crippen molar-refractivity contribution in [3.63, 3.8) is 0 Å². The standard InChI is InChI=1S/C22H29NOS/c1-16-6-12-20(13-7-16)25-15-14-21(24)23-17(2)18-8-10-19(11-9-18)22(3,4)5/h6-13,17H,14-15H2,1-5H3,(H,23,24)/t17-/m0/s1. The smallest absolute Gasteiger partial charge is 0.221 e. The molecule has 2 rings (SSSR count). The van der Waals surface area contributed by atoms with Gasteiger partial charge >= 0.3 is 0 Å². The summed E-state index contributed by atoms with van der Waals surface area (Å²) < 4.78 is 0. The van der Waals surface area contributed by atoms with Crippen LogP contribution < -0.4 is 5.32 Å². The Morgan fingerprint density at radius 1 is 1.04 bits per heavy atom. The highest BCUT2D eigenvalue weighted by molar-refractivity contribution is 7.99. The van der Waals surface area contributed by atoms with Gasteiger partial charge in [-0.3, -0.25) is 4.79 Å². The Bertz CT molecular complexity index is 683. The van der Waals surface area contributed by atoms with E-state index in [0.29, 0.717) is 6.42 Å². The van der Waals surface area contributed by atoms with E-state index >= 15 is 0 Å². The van der Waals surface area contributed by atoms with Crippen LogP contribution in [0.25, 0.3) is 0 Å².